The fourth-order valence-electron chi connectivity index (χ4n) is 6.09. The summed E-state index contributed by atoms with van der Waals surface area (Å²) in [5, 5.41) is 16.2. The van der Waals surface area contributed by atoms with E-state index in [0.717, 1.165) is 6.42 Å². The number of likely N-dealkylation sites (tertiary alicyclic amines) is 1. The van der Waals surface area contributed by atoms with Crippen LogP contribution in [-0.2, 0) is 19.1 Å². The number of benzene rings is 1. The molecule has 3 saturated heterocycles. The molecule has 3 unspecified atom stereocenters. The molecule has 36 heavy (non-hydrogen) atoms. The molecule has 198 valence electrons. The third-order valence-electron chi connectivity index (χ3n) is 8.03. The number of alkyl halides is 1. The minimum atomic E-state index is -1.17. The number of amides is 3. The van der Waals surface area contributed by atoms with E-state index in [4.69, 9.17) is 9.47 Å². The standard InChI is InChI=1S/C26H36BrN3O6/c1-5-11-28-23(32)19-20-25(34)30(18(13-31)14(3)6-2)22(26(20)12-17(27)21(19)36-26)24(33)29-15-7-9-16(35-4)10-8-15/h7-10,14,17-22,31H,5-6,11-13H2,1-4H3,(H,28,32)(H,29,33)/t14-,17?,18-,19+,20-,21+,22?,26?/m0/s1. The van der Waals surface area contributed by atoms with Crippen LogP contribution in [0.4, 0.5) is 5.69 Å². The van der Waals surface area contributed by atoms with E-state index in [-0.39, 0.29) is 29.2 Å². The van der Waals surface area contributed by atoms with Crippen LogP contribution in [0, 0.1) is 17.8 Å². The number of fused-ring (bicyclic) bond motifs is 1. The molecule has 3 heterocycles. The van der Waals surface area contributed by atoms with Crippen LogP contribution >= 0.6 is 15.9 Å². The number of carbonyl (C=O) groups excluding carboxylic acids is 3. The lowest BCUT2D eigenvalue weighted by Crippen LogP contribution is -2.57. The van der Waals surface area contributed by atoms with E-state index in [9.17, 15) is 19.5 Å². The second-order valence-corrected chi connectivity index (χ2v) is 11.2. The minimum absolute atomic E-state index is 0.0604. The summed E-state index contributed by atoms with van der Waals surface area (Å²) in [6.45, 7) is 6.11. The Morgan fingerprint density at radius 2 is 1.97 bits per heavy atom. The van der Waals surface area contributed by atoms with Crippen LogP contribution in [-0.4, -0.2) is 76.6 Å². The molecule has 3 fully saturated rings. The molecule has 1 spiro atoms. The van der Waals surface area contributed by atoms with E-state index in [0.29, 0.717) is 30.8 Å². The molecule has 3 amide bonds. The summed E-state index contributed by atoms with van der Waals surface area (Å²) in [4.78, 5) is 42.6. The van der Waals surface area contributed by atoms with E-state index >= 15 is 0 Å². The maximum Gasteiger partial charge on any atom is 0.250 e. The van der Waals surface area contributed by atoms with E-state index < -0.39 is 41.5 Å². The van der Waals surface area contributed by atoms with Crippen molar-refractivity contribution in [1.29, 1.82) is 0 Å². The van der Waals surface area contributed by atoms with Crippen molar-refractivity contribution < 1.29 is 29.0 Å². The zero-order valence-electron chi connectivity index (χ0n) is 21.2. The smallest absolute Gasteiger partial charge is 0.250 e. The average molecular weight is 566 g/mol. The van der Waals surface area contributed by atoms with E-state index in [1.807, 2.05) is 20.8 Å². The molecule has 3 aliphatic heterocycles. The number of aliphatic hydroxyl groups excluding tert-OH is 1. The van der Waals surface area contributed by atoms with Crippen LogP contribution in [0.15, 0.2) is 24.3 Å². The normalized spacial score (nSPS) is 32.2. The van der Waals surface area contributed by atoms with Crippen LogP contribution in [0.25, 0.3) is 0 Å². The number of hydrogen-bond donors (Lipinski definition) is 3. The van der Waals surface area contributed by atoms with Crippen molar-refractivity contribution in [3.63, 3.8) is 0 Å². The zero-order chi connectivity index (χ0) is 26.2. The first-order valence-corrected chi connectivity index (χ1v) is 13.6. The van der Waals surface area contributed by atoms with Gasteiger partial charge in [0.15, 0.2) is 0 Å². The van der Waals surface area contributed by atoms with Crippen molar-refractivity contribution in [3.05, 3.63) is 24.3 Å². The quantitative estimate of drug-likeness (QED) is 0.375. The molecule has 10 heteroatoms. The summed E-state index contributed by atoms with van der Waals surface area (Å²) in [6.07, 6.45) is 1.39. The van der Waals surface area contributed by atoms with Crippen molar-refractivity contribution in [2.45, 2.75) is 68.6 Å². The van der Waals surface area contributed by atoms with Gasteiger partial charge in [-0.3, -0.25) is 14.4 Å². The number of nitrogens with zero attached hydrogens (tertiary/aromatic N) is 1. The number of rotatable bonds is 10. The molecule has 3 aliphatic rings. The number of methoxy groups -OCH3 is 1. The number of ether oxygens (including phenoxy) is 2. The Morgan fingerprint density at radius 1 is 1.28 bits per heavy atom. The lowest BCUT2D eigenvalue weighted by molar-refractivity contribution is -0.145. The van der Waals surface area contributed by atoms with Crippen molar-refractivity contribution in [3.8, 4) is 5.75 Å². The number of halogens is 1. The molecule has 9 nitrogen and oxygen atoms in total. The van der Waals surface area contributed by atoms with Gasteiger partial charge in [0.25, 0.3) is 0 Å². The first-order valence-electron chi connectivity index (χ1n) is 12.7. The lowest BCUT2D eigenvalue weighted by Gasteiger charge is -2.38. The number of nitrogens with one attached hydrogen (secondary N) is 2. The topological polar surface area (TPSA) is 117 Å². The Hall–Kier alpha value is -2.17. The molecular weight excluding hydrogens is 530 g/mol. The maximum atomic E-state index is 14.1. The maximum absolute atomic E-state index is 14.1. The molecule has 0 radical (unpaired) electrons. The third-order valence-corrected chi connectivity index (χ3v) is 8.87. The molecular formula is C26H36BrN3O6. The number of carbonyl (C=O) groups is 3. The van der Waals surface area contributed by atoms with Gasteiger partial charge in [-0.15, -0.1) is 0 Å². The van der Waals surface area contributed by atoms with Gasteiger partial charge in [-0.1, -0.05) is 43.1 Å². The van der Waals surface area contributed by atoms with Crippen LogP contribution in [0.3, 0.4) is 0 Å². The van der Waals surface area contributed by atoms with Crippen molar-refractivity contribution in [1.82, 2.24) is 10.2 Å². The highest BCUT2D eigenvalue weighted by Crippen LogP contribution is 2.60. The van der Waals surface area contributed by atoms with Crippen molar-refractivity contribution in [2.75, 3.05) is 25.6 Å². The molecule has 0 aliphatic carbocycles. The predicted molar refractivity (Wildman–Crippen MR) is 138 cm³/mol. The molecule has 0 aromatic heterocycles. The van der Waals surface area contributed by atoms with Gasteiger partial charge in [0, 0.05) is 17.1 Å². The molecule has 0 saturated carbocycles. The van der Waals surface area contributed by atoms with Gasteiger partial charge in [-0.25, -0.2) is 0 Å². The van der Waals surface area contributed by atoms with Gasteiger partial charge in [0.2, 0.25) is 17.7 Å². The van der Waals surface area contributed by atoms with Crippen LogP contribution < -0.4 is 15.4 Å². The Morgan fingerprint density at radius 3 is 2.56 bits per heavy atom. The second kappa shape index (κ2) is 10.7. The Bertz CT molecular complexity index is 990. The Balaban J connectivity index is 1.75. The first kappa shape index (κ1) is 26.9. The highest BCUT2D eigenvalue weighted by atomic mass is 79.9. The van der Waals surface area contributed by atoms with Gasteiger partial charge in [-0.2, -0.15) is 0 Å². The second-order valence-electron chi connectivity index (χ2n) is 10.1. The van der Waals surface area contributed by atoms with Gasteiger partial charge in [0.05, 0.1) is 37.7 Å². The SMILES string of the molecule is CCCNC(=O)[C@H]1[C@@H]2OC3(CC2Br)C(C(=O)Nc2ccc(OC)cc2)N([C@@H](CO)[C@@H](C)CC)C(=O)[C@H]13. The summed E-state index contributed by atoms with van der Waals surface area (Å²) in [5.74, 6) is -1.84. The number of anilines is 1. The molecule has 3 N–H and O–H groups in total. The van der Waals surface area contributed by atoms with E-state index in [1.165, 1.54) is 4.90 Å². The molecule has 2 bridgehead atoms. The average Bonchev–Trinajstić information content (AvgIpc) is 3.47. The van der Waals surface area contributed by atoms with Crippen molar-refractivity contribution in [2.24, 2.45) is 17.8 Å². The monoisotopic (exact) mass is 565 g/mol. The fraction of sp³-hybridized carbons (Fsp3) is 0.654. The fourth-order valence-corrected chi connectivity index (χ4v) is 7.03. The highest BCUT2D eigenvalue weighted by molar-refractivity contribution is 9.09. The Labute approximate surface area is 220 Å². The van der Waals surface area contributed by atoms with Crippen LogP contribution in [0.2, 0.25) is 0 Å². The lowest BCUT2D eigenvalue weighted by atomic mass is 9.70. The summed E-state index contributed by atoms with van der Waals surface area (Å²) < 4.78 is 11.7. The molecule has 1 aromatic rings. The van der Waals surface area contributed by atoms with Crippen LogP contribution in [0.5, 0.6) is 5.75 Å². The Kier molecular flexibility index (Phi) is 7.97. The third kappa shape index (κ3) is 4.31. The molecule has 1 aromatic carbocycles. The van der Waals surface area contributed by atoms with Crippen molar-refractivity contribution >= 4 is 39.3 Å². The molecule has 4 rings (SSSR count). The first-order chi connectivity index (χ1) is 17.2. The van der Waals surface area contributed by atoms with Crippen LogP contribution in [0.1, 0.15) is 40.0 Å². The van der Waals surface area contributed by atoms with E-state index in [2.05, 4.69) is 26.6 Å². The molecule has 8 atom stereocenters. The summed E-state index contributed by atoms with van der Waals surface area (Å²) >= 11 is 3.67. The number of aliphatic hydroxyl groups is 1. The van der Waals surface area contributed by atoms with Gasteiger partial charge in [0.1, 0.15) is 17.4 Å². The van der Waals surface area contributed by atoms with Gasteiger partial charge >= 0.3 is 0 Å². The summed E-state index contributed by atoms with van der Waals surface area (Å²) in [5.41, 5.74) is -0.612. The highest BCUT2D eigenvalue weighted by Gasteiger charge is 2.77. The van der Waals surface area contributed by atoms with Gasteiger partial charge < -0.3 is 30.1 Å². The van der Waals surface area contributed by atoms with Gasteiger partial charge in [-0.05, 0) is 43.0 Å². The zero-order valence-corrected chi connectivity index (χ0v) is 22.8. The minimum Gasteiger partial charge on any atom is -0.497 e. The van der Waals surface area contributed by atoms with E-state index in [1.54, 1.807) is 31.4 Å². The summed E-state index contributed by atoms with van der Waals surface area (Å²) in [6, 6.07) is 5.37. The summed E-state index contributed by atoms with van der Waals surface area (Å²) in [7, 11) is 1.57. The largest absolute Gasteiger partial charge is 0.497 e. The number of hydrogen-bond acceptors (Lipinski definition) is 6. The predicted octanol–water partition coefficient (Wildman–Crippen LogP) is 2.31.